The first-order chi connectivity index (χ1) is 11.8. The number of nitro groups is 1. The molecule has 0 aliphatic rings. The van der Waals surface area contributed by atoms with Gasteiger partial charge in [0.2, 0.25) is 0 Å². The molecule has 10 heteroatoms. The van der Waals surface area contributed by atoms with Crippen LogP contribution in [0.1, 0.15) is 30.8 Å². The van der Waals surface area contributed by atoms with E-state index in [2.05, 4.69) is 10.3 Å². The van der Waals surface area contributed by atoms with E-state index in [9.17, 15) is 14.9 Å². The molecule has 0 bridgehead atoms. The van der Waals surface area contributed by atoms with E-state index in [1.54, 1.807) is 24.1 Å². The van der Waals surface area contributed by atoms with Crippen LogP contribution in [0, 0.1) is 16.0 Å². The van der Waals surface area contributed by atoms with Crippen molar-refractivity contribution in [1.29, 1.82) is 0 Å². The Morgan fingerprint density at radius 2 is 2.12 bits per heavy atom. The molecule has 0 saturated carbocycles. The number of hydrogen-bond acceptors (Lipinski definition) is 6. The van der Waals surface area contributed by atoms with Crippen molar-refractivity contribution in [2.24, 2.45) is 11.7 Å². The van der Waals surface area contributed by atoms with Gasteiger partial charge < -0.3 is 10.6 Å². The Balaban J connectivity index is 0.00000338. The summed E-state index contributed by atoms with van der Waals surface area (Å²) in [6.07, 6.45) is 2.15. The van der Waals surface area contributed by atoms with Gasteiger partial charge in [0.15, 0.2) is 5.69 Å². The number of carbonyl (C=O) groups excluding carboxylic acids is 1. The Kier molecular flexibility index (Phi) is 7.66. The summed E-state index contributed by atoms with van der Waals surface area (Å²) in [4.78, 5) is 24.3. The van der Waals surface area contributed by atoms with E-state index in [0.717, 1.165) is 0 Å². The van der Waals surface area contributed by atoms with Gasteiger partial charge in [0.05, 0.1) is 16.8 Å². The molecule has 2 aromatic rings. The topological polar surface area (TPSA) is 120 Å². The fraction of sp³-hybridized carbons (Fsp3) is 0.438. The molecular weight excluding hydrogens is 360 g/mol. The summed E-state index contributed by atoms with van der Waals surface area (Å²) in [5, 5.41) is 18.6. The van der Waals surface area contributed by atoms with Crippen LogP contribution < -0.4 is 5.73 Å². The Labute approximate surface area is 157 Å². The molecule has 0 aliphatic heterocycles. The van der Waals surface area contributed by atoms with Crippen LogP contribution >= 0.6 is 12.4 Å². The van der Waals surface area contributed by atoms with Crippen molar-refractivity contribution in [3.05, 3.63) is 46.3 Å². The lowest BCUT2D eigenvalue weighted by Crippen LogP contribution is -2.34. The smallest absolute Gasteiger partial charge is 0.275 e. The first kappa shape index (κ1) is 21.5. The molecule has 1 aromatic carbocycles. The number of benzene rings is 1. The average molecular weight is 383 g/mol. The van der Waals surface area contributed by atoms with E-state index in [-0.39, 0.29) is 35.7 Å². The van der Waals surface area contributed by atoms with Crippen LogP contribution in [0.3, 0.4) is 0 Å². The summed E-state index contributed by atoms with van der Waals surface area (Å²) in [7, 11) is 1.68. The van der Waals surface area contributed by atoms with E-state index in [1.807, 2.05) is 13.8 Å². The predicted molar refractivity (Wildman–Crippen MR) is 99.7 cm³/mol. The molecule has 26 heavy (non-hydrogen) atoms. The van der Waals surface area contributed by atoms with E-state index in [0.29, 0.717) is 24.6 Å². The third-order valence-corrected chi connectivity index (χ3v) is 4.02. The van der Waals surface area contributed by atoms with Crippen molar-refractivity contribution in [2.75, 3.05) is 13.6 Å². The zero-order valence-corrected chi connectivity index (χ0v) is 15.7. The van der Waals surface area contributed by atoms with Crippen LogP contribution in [0.15, 0.2) is 30.5 Å². The summed E-state index contributed by atoms with van der Waals surface area (Å²) in [6, 6.07) is 5.99. The zero-order chi connectivity index (χ0) is 18.6. The number of halogens is 1. The largest absolute Gasteiger partial charge is 0.340 e. The highest BCUT2D eigenvalue weighted by molar-refractivity contribution is 5.91. The van der Waals surface area contributed by atoms with Crippen molar-refractivity contribution < 1.29 is 9.72 Å². The first-order valence-electron chi connectivity index (χ1n) is 7.97. The maximum absolute atomic E-state index is 12.4. The van der Waals surface area contributed by atoms with Crippen molar-refractivity contribution >= 4 is 24.0 Å². The molecule has 1 unspecified atom stereocenters. The minimum absolute atomic E-state index is 0. The van der Waals surface area contributed by atoms with Gasteiger partial charge in [-0.15, -0.1) is 17.5 Å². The van der Waals surface area contributed by atoms with Crippen molar-refractivity contribution in [3.63, 3.8) is 0 Å². The van der Waals surface area contributed by atoms with E-state index >= 15 is 0 Å². The van der Waals surface area contributed by atoms with Crippen LogP contribution in [0.4, 0.5) is 5.69 Å². The number of non-ortho nitro benzene ring substituents is 1. The fourth-order valence-electron chi connectivity index (χ4n) is 2.21. The van der Waals surface area contributed by atoms with Crippen molar-refractivity contribution in [3.8, 4) is 5.69 Å². The third kappa shape index (κ3) is 5.24. The van der Waals surface area contributed by atoms with E-state index in [4.69, 9.17) is 5.73 Å². The molecular formula is C16H23ClN6O3. The normalized spacial score (nSPS) is 11.7. The standard InChI is InChI=1S/C16H22N6O3.ClH/c1-11(2)14(17)7-8-20(3)16(23)15-10-21(19-18-15)12-5-4-6-13(9-12)22(24)25;/h4-6,9-11,14H,7-8,17H2,1-3H3;1H. The predicted octanol–water partition coefficient (Wildman–Crippen LogP) is 2.04. The van der Waals surface area contributed by atoms with Gasteiger partial charge in [-0.3, -0.25) is 14.9 Å². The molecule has 0 saturated heterocycles. The Hall–Kier alpha value is -2.52. The Morgan fingerprint density at radius 3 is 2.73 bits per heavy atom. The maximum Gasteiger partial charge on any atom is 0.275 e. The number of nitrogens with zero attached hydrogens (tertiary/aromatic N) is 5. The van der Waals surface area contributed by atoms with Gasteiger partial charge in [-0.05, 0) is 18.4 Å². The lowest BCUT2D eigenvalue weighted by atomic mass is 10.0. The number of aromatic nitrogens is 3. The van der Waals surface area contributed by atoms with Crippen LogP contribution in [0.25, 0.3) is 5.69 Å². The molecule has 1 atom stereocenters. The summed E-state index contributed by atoms with van der Waals surface area (Å²) in [5.74, 6) is 0.0749. The molecule has 1 heterocycles. The van der Waals surface area contributed by atoms with Crippen LogP contribution in [0.2, 0.25) is 0 Å². The molecule has 1 aromatic heterocycles. The first-order valence-corrected chi connectivity index (χ1v) is 7.97. The van der Waals surface area contributed by atoms with Gasteiger partial charge in [-0.25, -0.2) is 4.68 Å². The average Bonchev–Trinajstić information content (AvgIpc) is 3.08. The number of carbonyl (C=O) groups is 1. The highest BCUT2D eigenvalue weighted by Crippen LogP contribution is 2.16. The Morgan fingerprint density at radius 1 is 1.42 bits per heavy atom. The molecule has 0 spiro atoms. The summed E-state index contributed by atoms with van der Waals surface area (Å²) < 4.78 is 1.34. The highest BCUT2D eigenvalue weighted by Gasteiger charge is 2.18. The van der Waals surface area contributed by atoms with Crippen molar-refractivity contribution in [2.45, 2.75) is 26.3 Å². The monoisotopic (exact) mass is 382 g/mol. The molecule has 0 radical (unpaired) electrons. The SMILES string of the molecule is CC(C)C(N)CCN(C)C(=O)c1cn(-c2cccc([N+](=O)[O-])c2)nn1.Cl. The minimum Gasteiger partial charge on any atom is -0.340 e. The summed E-state index contributed by atoms with van der Waals surface area (Å²) in [5.41, 5.74) is 6.58. The summed E-state index contributed by atoms with van der Waals surface area (Å²) >= 11 is 0. The highest BCUT2D eigenvalue weighted by atomic mass is 35.5. The van der Waals surface area contributed by atoms with Gasteiger partial charge >= 0.3 is 0 Å². The van der Waals surface area contributed by atoms with Gasteiger partial charge in [-0.1, -0.05) is 25.1 Å². The lowest BCUT2D eigenvalue weighted by Gasteiger charge is -2.20. The number of rotatable bonds is 7. The maximum atomic E-state index is 12.4. The van der Waals surface area contributed by atoms with Crippen LogP contribution in [0.5, 0.6) is 0 Å². The second-order valence-electron chi connectivity index (χ2n) is 6.25. The molecule has 9 nitrogen and oxygen atoms in total. The van der Waals surface area contributed by atoms with Gasteiger partial charge in [0, 0.05) is 31.8 Å². The van der Waals surface area contributed by atoms with Gasteiger partial charge in [0.1, 0.15) is 0 Å². The molecule has 2 rings (SSSR count). The third-order valence-electron chi connectivity index (χ3n) is 4.02. The lowest BCUT2D eigenvalue weighted by molar-refractivity contribution is -0.384. The van der Waals surface area contributed by atoms with E-state index in [1.165, 1.54) is 23.0 Å². The summed E-state index contributed by atoms with van der Waals surface area (Å²) in [6.45, 7) is 4.59. The number of amides is 1. The molecule has 142 valence electrons. The van der Waals surface area contributed by atoms with Crippen LogP contribution in [-0.2, 0) is 0 Å². The quantitative estimate of drug-likeness (QED) is 0.577. The number of nitrogens with two attached hydrogens (primary N) is 1. The van der Waals surface area contributed by atoms with Gasteiger partial charge in [0.25, 0.3) is 11.6 Å². The molecule has 1 amide bonds. The minimum atomic E-state index is -0.488. The second-order valence-corrected chi connectivity index (χ2v) is 6.25. The van der Waals surface area contributed by atoms with Gasteiger partial charge in [-0.2, -0.15) is 0 Å². The fourth-order valence-corrected chi connectivity index (χ4v) is 2.21. The molecule has 0 aliphatic carbocycles. The Bertz CT molecular complexity index is 764. The second kappa shape index (κ2) is 9.25. The van der Waals surface area contributed by atoms with Crippen molar-refractivity contribution in [1.82, 2.24) is 19.9 Å². The molecule has 2 N–H and O–H groups in total. The van der Waals surface area contributed by atoms with E-state index < -0.39 is 4.92 Å². The van der Waals surface area contributed by atoms with Crippen LogP contribution in [-0.4, -0.2) is 50.4 Å². The molecule has 0 fully saturated rings. The number of hydrogen-bond donors (Lipinski definition) is 1. The number of nitro benzene ring substituents is 1. The zero-order valence-electron chi connectivity index (χ0n) is 14.9.